The Balaban J connectivity index is 2.34. The highest BCUT2D eigenvalue weighted by Gasteiger charge is 2.32. The molecule has 1 fully saturated rings. The van der Waals surface area contributed by atoms with Crippen LogP contribution in [-0.2, 0) is 15.9 Å². The standard InChI is InChI=1S/C11H16ClNO2S2/c1-8-3-4-13(7-8)17(14,15)11-5-10(6-12)16-9(11)2/h5,8H,3-4,6-7H2,1-2H3. The highest BCUT2D eigenvalue weighted by atomic mass is 35.5. The minimum absolute atomic E-state index is 0.372. The van der Waals surface area contributed by atoms with Crippen LogP contribution in [0.2, 0.25) is 0 Å². The number of thiophene rings is 1. The molecule has 0 aliphatic carbocycles. The van der Waals surface area contributed by atoms with E-state index in [1.807, 2.05) is 6.92 Å². The fraction of sp³-hybridized carbons (Fsp3) is 0.636. The minimum Gasteiger partial charge on any atom is -0.207 e. The van der Waals surface area contributed by atoms with Gasteiger partial charge in [-0.2, -0.15) is 4.31 Å². The summed E-state index contributed by atoms with van der Waals surface area (Å²) < 4.78 is 26.4. The molecule has 2 rings (SSSR count). The molecule has 6 heteroatoms. The van der Waals surface area contributed by atoms with Gasteiger partial charge >= 0.3 is 0 Å². The quantitative estimate of drug-likeness (QED) is 0.804. The van der Waals surface area contributed by atoms with Crippen molar-refractivity contribution in [2.75, 3.05) is 13.1 Å². The lowest BCUT2D eigenvalue weighted by molar-refractivity contribution is 0.464. The van der Waals surface area contributed by atoms with Crippen LogP contribution >= 0.6 is 22.9 Å². The Morgan fingerprint density at radius 3 is 2.76 bits per heavy atom. The van der Waals surface area contributed by atoms with Crippen molar-refractivity contribution in [2.45, 2.75) is 31.0 Å². The Morgan fingerprint density at radius 1 is 1.59 bits per heavy atom. The smallest absolute Gasteiger partial charge is 0.207 e. The number of halogens is 1. The maximum absolute atomic E-state index is 12.4. The number of nitrogens with zero attached hydrogens (tertiary/aromatic N) is 1. The molecule has 0 aromatic carbocycles. The summed E-state index contributed by atoms with van der Waals surface area (Å²) in [5, 5.41) is 0. The first-order chi connectivity index (χ1) is 7.95. The molecule has 0 spiro atoms. The van der Waals surface area contributed by atoms with Crippen LogP contribution in [0.1, 0.15) is 23.1 Å². The lowest BCUT2D eigenvalue weighted by Crippen LogP contribution is -2.28. The maximum Gasteiger partial charge on any atom is 0.244 e. The normalized spacial score (nSPS) is 22.2. The topological polar surface area (TPSA) is 37.4 Å². The summed E-state index contributed by atoms with van der Waals surface area (Å²) in [4.78, 5) is 2.18. The van der Waals surface area contributed by atoms with Crippen LogP contribution in [0.15, 0.2) is 11.0 Å². The van der Waals surface area contributed by atoms with Crippen molar-refractivity contribution in [3.8, 4) is 0 Å². The van der Waals surface area contributed by atoms with Gasteiger partial charge in [0.2, 0.25) is 10.0 Å². The molecule has 1 atom stereocenters. The lowest BCUT2D eigenvalue weighted by Gasteiger charge is -2.15. The number of aryl methyl sites for hydroxylation is 1. The van der Waals surface area contributed by atoms with Crippen molar-refractivity contribution in [2.24, 2.45) is 5.92 Å². The molecular formula is C11H16ClNO2S2. The third kappa shape index (κ3) is 2.52. The molecule has 0 saturated carbocycles. The van der Waals surface area contributed by atoms with E-state index in [-0.39, 0.29) is 0 Å². The van der Waals surface area contributed by atoms with Gasteiger partial charge in [0, 0.05) is 22.8 Å². The Kier molecular flexibility index (Phi) is 3.83. The largest absolute Gasteiger partial charge is 0.244 e. The number of alkyl halides is 1. The highest BCUT2D eigenvalue weighted by Crippen LogP contribution is 2.31. The van der Waals surface area contributed by atoms with E-state index < -0.39 is 10.0 Å². The van der Waals surface area contributed by atoms with Crippen molar-refractivity contribution in [1.82, 2.24) is 4.31 Å². The van der Waals surface area contributed by atoms with Crippen LogP contribution < -0.4 is 0 Å². The van der Waals surface area contributed by atoms with Gasteiger partial charge < -0.3 is 0 Å². The monoisotopic (exact) mass is 293 g/mol. The Morgan fingerprint density at radius 2 is 2.29 bits per heavy atom. The summed E-state index contributed by atoms with van der Waals surface area (Å²) in [6.07, 6.45) is 0.949. The molecule has 0 amide bonds. The predicted molar refractivity (Wildman–Crippen MR) is 71.2 cm³/mol. The average Bonchev–Trinajstić information content (AvgIpc) is 2.85. The second-order valence-corrected chi connectivity index (χ2v) is 8.04. The third-order valence-corrected chi connectivity index (χ3v) is 6.68. The van der Waals surface area contributed by atoms with E-state index >= 15 is 0 Å². The molecule has 2 heterocycles. The lowest BCUT2D eigenvalue weighted by atomic mass is 10.2. The molecule has 1 aliphatic heterocycles. The summed E-state index contributed by atoms with van der Waals surface area (Å²) in [6.45, 7) is 5.19. The summed E-state index contributed by atoms with van der Waals surface area (Å²) in [6, 6.07) is 1.71. The first-order valence-corrected chi connectivity index (χ1v) is 8.39. The predicted octanol–water partition coefficient (Wildman–Crippen LogP) is 2.83. The summed E-state index contributed by atoms with van der Waals surface area (Å²) in [7, 11) is -3.31. The first-order valence-electron chi connectivity index (χ1n) is 5.60. The van der Waals surface area contributed by atoms with Gasteiger partial charge in [0.25, 0.3) is 0 Å². The Bertz CT molecular complexity index is 510. The molecule has 0 bridgehead atoms. The average molecular weight is 294 g/mol. The molecule has 1 aromatic heterocycles. The van der Waals surface area contributed by atoms with Gasteiger partial charge in [0.05, 0.1) is 10.8 Å². The first kappa shape index (κ1) is 13.3. The van der Waals surface area contributed by atoms with Crippen molar-refractivity contribution in [1.29, 1.82) is 0 Å². The van der Waals surface area contributed by atoms with Gasteiger partial charge in [-0.1, -0.05) is 6.92 Å². The number of hydrogen-bond donors (Lipinski definition) is 0. The number of rotatable bonds is 3. The van der Waals surface area contributed by atoms with E-state index in [1.165, 1.54) is 11.3 Å². The van der Waals surface area contributed by atoms with Crippen LogP contribution in [0.3, 0.4) is 0 Å². The van der Waals surface area contributed by atoms with Crippen molar-refractivity contribution in [3.63, 3.8) is 0 Å². The summed E-state index contributed by atoms with van der Waals surface area (Å²) >= 11 is 7.21. The molecule has 1 aromatic rings. The van der Waals surface area contributed by atoms with Gasteiger partial charge in [-0.25, -0.2) is 8.42 Å². The van der Waals surface area contributed by atoms with E-state index in [4.69, 9.17) is 11.6 Å². The van der Waals surface area contributed by atoms with Crippen molar-refractivity contribution in [3.05, 3.63) is 15.8 Å². The minimum atomic E-state index is -3.31. The van der Waals surface area contributed by atoms with Gasteiger partial charge in [0.15, 0.2) is 0 Å². The fourth-order valence-electron chi connectivity index (χ4n) is 2.10. The highest BCUT2D eigenvalue weighted by molar-refractivity contribution is 7.89. The zero-order valence-corrected chi connectivity index (χ0v) is 12.3. The molecule has 3 nitrogen and oxygen atoms in total. The van der Waals surface area contributed by atoms with Crippen molar-refractivity contribution < 1.29 is 8.42 Å². The summed E-state index contributed by atoms with van der Waals surface area (Å²) in [5.74, 6) is 0.827. The Hall–Kier alpha value is -0.100. The number of sulfonamides is 1. The van der Waals surface area contributed by atoms with E-state index in [0.29, 0.717) is 29.8 Å². The summed E-state index contributed by atoms with van der Waals surface area (Å²) in [5.41, 5.74) is 0. The molecule has 0 radical (unpaired) electrons. The van der Waals surface area contributed by atoms with Gasteiger partial charge in [-0.3, -0.25) is 0 Å². The van der Waals surface area contributed by atoms with Gasteiger partial charge in [-0.15, -0.1) is 22.9 Å². The van der Waals surface area contributed by atoms with Crippen LogP contribution in [0, 0.1) is 12.8 Å². The van der Waals surface area contributed by atoms with Crippen LogP contribution in [0.5, 0.6) is 0 Å². The Labute approximate surface area is 111 Å². The zero-order chi connectivity index (χ0) is 12.6. The number of hydrogen-bond acceptors (Lipinski definition) is 3. The second-order valence-electron chi connectivity index (χ2n) is 4.52. The SMILES string of the molecule is Cc1sc(CCl)cc1S(=O)(=O)N1CCC(C)C1. The van der Waals surface area contributed by atoms with E-state index in [0.717, 1.165) is 16.2 Å². The maximum atomic E-state index is 12.4. The molecular weight excluding hydrogens is 278 g/mol. The van der Waals surface area contributed by atoms with Crippen LogP contribution in [0.25, 0.3) is 0 Å². The van der Waals surface area contributed by atoms with Gasteiger partial charge in [0.1, 0.15) is 0 Å². The second kappa shape index (κ2) is 4.88. The zero-order valence-electron chi connectivity index (χ0n) is 9.94. The van der Waals surface area contributed by atoms with Crippen LogP contribution in [-0.4, -0.2) is 25.8 Å². The van der Waals surface area contributed by atoms with E-state index in [2.05, 4.69) is 6.92 Å². The van der Waals surface area contributed by atoms with E-state index in [9.17, 15) is 8.42 Å². The molecule has 0 N–H and O–H groups in total. The van der Waals surface area contributed by atoms with Gasteiger partial charge in [-0.05, 0) is 25.3 Å². The van der Waals surface area contributed by atoms with Crippen LogP contribution in [0.4, 0.5) is 0 Å². The molecule has 1 aliphatic rings. The molecule has 1 saturated heterocycles. The molecule has 17 heavy (non-hydrogen) atoms. The molecule has 96 valence electrons. The third-order valence-electron chi connectivity index (χ3n) is 3.06. The van der Waals surface area contributed by atoms with E-state index in [1.54, 1.807) is 10.4 Å². The van der Waals surface area contributed by atoms with Crippen molar-refractivity contribution >= 4 is 33.0 Å². The fourth-order valence-corrected chi connectivity index (χ4v) is 5.37. The molecule has 1 unspecified atom stereocenters.